The van der Waals surface area contributed by atoms with Crippen molar-refractivity contribution in [2.24, 2.45) is 0 Å². The lowest BCUT2D eigenvalue weighted by atomic mass is 10.1. The maximum absolute atomic E-state index is 11.6. The number of nitriles is 1. The lowest BCUT2D eigenvalue weighted by Gasteiger charge is -2.13. The van der Waals surface area contributed by atoms with Crippen molar-refractivity contribution in [2.75, 3.05) is 12.4 Å². The fourth-order valence-electron chi connectivity index (χ4n) is 4.09. The number of benzene rings is 1. The van der Waals surface area contributed by atoms with Crippen molar-refractivity contribution in [3.05, 3.63) is 92.2 Å². The average Bonchev–Trinajstić information content (AvgIpc) is 3.68. The van der Waals surface area contributed by atoms with Crippen LogP contribution in [0.5, 0.6) is 5.75 Å². The van der Waals surface area contributed by atoms with E-state index in [0.717, 1.165) is 22.8 Å². The molecular weight excluding hydrogens is 691 g/mol. The Kier molecular flexibility index (Phi) is 15.9. The van der Waals surface area contributed by atoms with Gasteiger partial charge in [0.1, 0.15) is 50.1 Å². The van der Waals surface area contributed by atoms with Crippen molar-refractivity contribution in [1.82, 2.24) is 19.9 Å². The molecular formula is C35H37Cl3N6O5. The highest BCUT2D eigenvalue weighted by Gasteiger charge is 2.18. The summed E-state index contributed by atoms with van der Waals surface area (Å²) < 4.78 is 16.2. The summed E-state index contributed by atoms with van der Waals surface area (Å²) in [4.78, 5) is 39.8. The van der Waals surface area contributed by atoms with Gasteiger partial charge in [-0.3, -0.25) is 9.59 Å². The van der Waals surface area contributed by atoms with Crippen LogP contribution in [0, 0.1) is 25.2 Å². The molecule has 258 valence electrons. The fourth-order valence-corrected chi connectivity index (χ4v) is 4.85. The Morgan fingerprint density at radius 3 is 1.61 bits per heavy atom. The Morgan fingerprint density at radius 1 is 0.776 bits per heavy atom. The molecule has 5 aromatic rings. The SMILES string of the molecule is C.CC#N.CC(=O)Cc1c(Cl)nc(-c2ccc(C)o2)nc1Cl.COc1ccc(CNc2nc(-c3ccc(C)o3)nc(Cl)c2CC(C)=O)cc1. The number of rotatable bonds is 10. The van der Waals surface area contributed by atoms with E-state index in [-0.39, 0.29) is 47.3 Å². The van der Waals surface area contributed by atoms with Gasteiger partial charge in [-0.05, 0) is 69.7 Å². The van der Waals surface area contributed by atoms with Crippen molar-refractivity contribution in [3.8, 4) is 35.0 Å². The zero-order valence-corrected chi connectivity index (χ0v) is 29.4. The number of aryl methyl sites for hydroxylation is 2. The van der Waals surface area contributed by atoms with E-state index in [1.807, 2.05) is 44.2 Å². The summed E-state index contributed by atoms with van der Waals surface area (Å²) in [5.41, 5.74) is 2.05. The smallest absolute Gasteiger partial charge is 0.199 e. The molecule has 1 aromatic carbocycles. The standard InChI is InChI=1S/C20H20ClN3O3.C12H10Cl2N2O2.C2H3N.CH4/c1-12(25)10-16-18(21)23-20(17-9-4-13(2)27-17)24-19(16)22-11-14-5-7-15(26-3)8-6-14;1-6(17)5-8-10(13)15-12(16-11(8)14)9-4-3-7(2)18-9;1-2-3;/h4-9H,10-11H2,1-3H3,(H,22,23,24);3-4H,5H2,1-2H3;1H3;1H4. The van der Waals surface area contributed by atoms with Crippen LogP contribution in [0.15, 0.2) is 57.4 Å². The monoisotopic (exact) mass is 726 g/mol. The summed E-state index contributed by atoms with van der Waals surface area (Å²) in [6.07, 6.45) is 0.274. The number of furan rings is 2. The number of carbonyl (C=O) groups excluding carboxylic acids is 2. The molecule has 0 spiro atoms. The molecule has 14 heteroatoms. The molecule has 0 aliphatic carbocycles. The molecule has 0 bridgehead atoms. The van der Waals surface area contributed by atoms with Crippen LogP contribution in [-0.2, 0) is 29.0 Å². The molecule has 49 heavy (non-hydrogen) atoms. The summed E-state index contributed by atoms with van der Waals surface area (Å²) in [6.45, 7) is 8.57. The highest BCUT2D eigenvalue weighted by Crippen LogP contribution is 2.29. The quantitative estimate of drug-likeness (QED) is 0.137. The third-order valence-electron chi connectivity index (χ3n) is 6.25. The van der Waals surface area contributed by atoms with Gasteiger partial charge in [0, 0.05) is 37.4 Å². The minimum Gasteiger partial charge on any atom is -0.497 e. The second-order valence-corrected chi connectivity index (χ2v) is 11.4. The van der Waals surface area contributed by atoms with Gasteiger partial charge in [-0.2, -0.15) is 5.26 Å². The summed E-state index contributed by atoms with van der Waals surface area (Å²) >= 11 is 18.4. The van der Waals surface area contributed by atoms with Crippen molar-refractivity contribution in [2.45, 2.75) is 61.4 Å². The Hall–Kier alpha value is -4.76. The molecule has 0 unspecified atom stereocenters. The third-order valence-corrected chi connectivity index (χ3v) is 7.19. The van der Waals surface area contributed by atoms with E-state index in [9.17, 15) is 9.59 Å². The van der Waals surface area contributed by atoms with Gasteiger partial charge in [-0.25, -0.2) is 19.9 Å². The average molecular weight is 728 g/mol. The molecule has 0 atom stereocenters. The number of nitrogens with zero attached hydrogens (tertiary/aromatic N) is 5. The largest absolute Gasteiger partial charge is 0.497 e. The van der Waals surface area contributed by atoms with Crippen molar-refractivity contribution >= 4 is 52.2 Å². The summed E-state index contributed by atoms with van der Waals surface area (Å²) in [5, 5.41) is 11.2. The predicted molar refractivity (Wildman–Crippen MR) is 191 cm³/mol. The van der Waals surface area contributed by atoms with Crippen LogP contribution in [0.25, 0.3) is 23.2 Å². The van der Waals surface area contributed by atoms with Crippen LogP contribution in [0.4, 0.5) is 5.82 Å². The Labute approximate surface area is 300 Å². The molecule has 0 aliphatic rings. The second kappa shape index (κ2) is 19.3. The van der Waals surface area contributed by atoms with Crippen molar-refractivity contribution in [3.63, 3.8) is 0 Å². The van der Waals surface area contributed by atoms with E-state index < -0.39 is 0 Å². The third kappa shape index (κ3) is 12.0. The maximum Gasteiger partial charge on any atom is 0.199 e. The van der Waals surface area contributed by atoms with E-state index in [4.69, 9.17) is 53.6 Å². The minimum absolute atomic E-state index is 0. The summed E-state index contributed by atoms with van der Waals surface area (Å²) in [5.74, 6) is 4.43. The zero-order chi connectivity index (χ0) is 35.4. The molecule has 0 amide bonds. The Morgan fingerprint density at radius 2 is 1.20 bits per heavy atom. The van der Waals surface area contributed by atoms with Gasteiger partial charge in [-0.15, -0.1) is 0 Å². The van der Waals surface area contributed by atoms with E-state index in [0.29, 0.717) is 46.7 Å². The normalized spacial score (nSPS) is 9.96. The van der Waals surface area contributed by atoms with Crippen molar-refractivity contribution < 1.29 is 23.2 Å². The lowest BCUT2D eigenvalue weighted by Crippen LogP contribution is -2.10. The molecule has 4 heterocycles. The van der Waals surface area contributed by atoms with Crippen LogP contribution < -0.4 is 10.1 Å². The number of hydrogen-bond acceptors (Lipinski definition) is 11. The number of aromatic nitrogens is 4. The van der Waals surface area contributed by atoms with Gasteiger partial charge in [0.25, 0.3) is 0 Å². The van der Waals surface area contributed by atoms with Gasteiger partial charge >= 0.3 is 0 Å². The maximum atomic E-state index is 11.6. The second-order valence-electron chi connectivity index (χ2n) is 10.3. The van der Waals surface area contributed by atoms with Crippen LogP contribution in [0.3, 0.4) is 0 Å². The van der Waals surface area contributed by atoms with Crippen LogP contribution in [-0.4, -0.2) is 38.6 Å². The van der Waals surface area contributed by atoms with Gasteiger partial charge in [0.05, 0.1) is 13.2 Å². The van der Waals surface area contributed by atoms with E-state index in [1.54, 1.807) is 31.4 Å². The molecule has 4 aromatic heterocycles. The molecule has 0 aliphatic heterocycles. The Balaban J connectivity index is 0.000000329. The first kappa shape index (κ1) is 40.4. The zero-order valence-electron chi connectivity index (χ0n) is 27.2. The molecule has 0 radical (unpaired) electrons. The first-order chi connectivity index (χ1) is 22.8. The minimum atomic E-state index is -0.0519. The van der Waals surface area contributed by atoms with Crippen LogP contribution in [0.2, 0.25) is 15.5 Å². The van der Waals surface area contributed by atoms with Gasteiger partial charge < -0.3 is 18.9 Å². The topological polar surface area (TPSA) is 157 Å². The number of Topliss-reactive ketones (excluding diaryl/α,β-unsaturated/α-hetero) is 2. The number of hydrogen-bond donors (Lipinski definition) is 1. The highest BCUT2D eigenvalue weighted by molar-refractivity contribution is 6.35. The van der Waals surface area contributed by atoms with E-state index in [2.05, 4.69) is 25.3 Å². The lowest BCUT2D eigenvalue weighted by molar-refractivity contribution is -0.117. The number of nitrogens with one attached hydrogen (secondary N) is 1. The summed E-state index contributed by atoms with van der Waals surface area (Å²) in [7, 11) is 1.63. The fraction of sp³-hybridized carbons (Fsp3) is 0.286. The van der Waals surface area contributed by atoms with Gasteiger partial charge in [-0.1, -0.05) is 54.4 Å². The molecule has 11 nitrogen and oxygen atoms in total. The Bertz CT molecular complexity index is 1890. The van der Waals surface area contributed by atoms with Gasteiger partial charge in [0.2, 0.25) is 0 Å². The molecule has 5 rings (SSSR count). The molecule has 0 fully saturated rings. The molecule has 0 saturated carbocycles. The number of methoxy groups -OCH3 is 1. The molecule has 0 saturated heterocycles. The van der Waals surface area contributed by atoms with Crippen molar-refractivity contribution in [1.29, 1.82) is 5.26 Å². The number of carbonyl (C=O) groups is 2. The van der Waals surface area contributed by atoms with Crippen LogP contribution >= 0.6 is 34.8 Å². The van der Waals surface area contributed by atoms with E-state index in [1.165, 1.54) is 20.8 Å². The van der Waals surface area contributed by atoms with Crippen LogP contribution in [0.1, 0.15) is 56.4 Å². The number of ether oxygens (including phenoxy) is 1. The summed E-state index contributed by atoms with van der Waals surface area (Å²) in [6, 6.07) is 16.6. The number of anilines is 1. The highest BCUT2D eigenvalue weighted by atomic mass is 35.5. The van der Waals surface area contributed by atoms with E-state index >= 15 is 0 Å². The number of halogens is 3. The van der Waals surface area contributed by atoms with Gasteiger partial charge in [0.15, 0.2) is 23.2 Å². The number of ketones is 2. The molecule has 1 N–H and O–H groups in total. The predicted octanol–water partition coefficient (Wildman–Crippen LogP) is 9.10. The first-order valence-electron chi connectivity index (χ1n) is 14.4. The first-order valence-corrected chi connectivity index (χ1v) is 15.6.